The molecule has 1 aliphatic carbocycles. The van der Waals surface area contributed by atoms with E-state index < -0.39 is 0 Å². The summed E-state index contributed by atoms with van der Waals surface area (Å²) in [7, 11) is 1.93. The molecule has 3 heterocycles. The highest BCUT2D eigenvalue weighted by Gasteiger charge is 2.23. The molecule has 1 unspecified atom stereocenters. The molecule has 3 aromatic rings. The highest BCUT2D eigenvalue weighted by Crippen LogP contribution is 2.34. The maximum absolute atomic E-state index is 4.87. The van der Waals surface area contributed by atoms with Gasteiger partial charge in [-0.1, -0.05) is 12.8 Å². The largest absolute Gasteiger partial charge is 0.367 e. The van der Waals surface area contributed by atoms with Crippen LogP contribution in [0.15, 0.2) is 24.8 Å². The standard InChI is InChI=1S/C18H23N7/c1-12(9-14-10-19-7-8-20-14)22-17-15-11-21-25(2)18(15)24-16(23-17)13-5-3-4-6-13/h7-8,10-13H,3-6,9H2,1-2H3,(H,22,23,24). The Morgan fingerprint density at radius 3 is 2.80 bits per heavy atom. The van der Waals surface area contributed by atoms with Crippen LogP contribution in [-0.4, -0.2) is 35.8 Å². The Bertz CT molecular complexity index is 852. The van der Waals surface area contributed by atoms with Crippen LogP contribution in [0.4, 0.5) is 5.82 Å². The van der Waals surface area contributed by atoms with Crippen molar-refractivity contribution in [1.29, 1.82) is 0 Å². The van der Waals surface area contributed by atoms with Gasteiger partial charge < -0.3 is 5.32 Å². The van der Waals surface area contributed by atoms with E-state index in [4.69, 9.17) is 9.97 Å². The number of aromatic nitrogens is 6. The van der Waals surface area contributed by atoms with Crippen molar-refractivity contribution in [3.8, 4) is 0 Å². The molecule has 0 amide bonds. The van der Waals surface area contributed by atoms with E-state index >= 15 is 0 Å². The molecule has 4 rings (SSSR count). The Balaban J connectivity index is 1.63. The summed E-state index contributed by atoms with van der Waals surface area (Å²) >= 11 is 0. The normalized spacial score (nSPS) is 16.4. The number of hydrogen-bond donors (Lipinski definition) is 1. The summed E-state index contributed by atoms with van der Waals surface area (Å²) in [6.07, 6.45) is 12.7. The van der Waals surface area contributed by atoms with Crippen molar-refractivity contribution in [2.24, 2.45) is 7.05 Å². The molecule has 0 bridgehead atoms. The maximum atomic E-state index is 4.87. The van der Waals surface area contributed by atoms with Gasteiger partial charge in [0.25, 0.3) is 0 Å². The topological polar surface area (TPSA) is 81.4 Å². The van der Waals surface area contributed by atoms with Crippen LogP contribution in [0.2, 0.25) is 0 Å². The van der Waals surface area contributed by atoms with E-state index in [2.05, 4.69) is 27.3 Å². The van der Waals surface area contributed by atoms with E-state index in [9.17, 15) is 0 Å². The summed E-state index contributed by atoms with van der Waals surface area (Å²) in [4.78, 5) is 18.2. The van der Waals surface area contributed by atoms with E-state index in [0.717, 1.165) is 34.8 Å². The Morgan fingerprint density at radius 1 is 1.20 bits per heavy atom. The molecule has 3 aromatic heterocycles. The third-order valence-electron chi connectivity index (χ3n) is 4.84. The van der Waals surface area contributed by atoms with Gasteiger partial charge in [-0.15, -0.1) is 0 Å². The monoisotopic (exact) mass is 337 g/mol. The molecule has 0 radical (unpaired) electrons. The molecule has 1 fully saturated rings. The Kier molecular flexibility index (Phi) is 4.29. The number of anilines is 1. The summed E-state index contributed by atoms with van der Waals surface area (Å²) in [6.45, 7) is 2.13. The molecular weight excluding hydrogens is 314 g/mol. The minimum Gasteiger partial charge on any atom is -0.367 e. The molecule has 7 nitrogen and oxygen atoms in total. The Morgan fingerprint density at radius 2 is 2.04 bits per heavy atom. The van der Waals surface area contributed by atoms with Gasteiger partial charge >= 0.3 is 0 Å². The van der Waals surface area contributed by atoms with Gasteiger partial charge in [-0.05, 0) is 19.8 Å². The lowest BCUT2D eigenvalue weighted by Gasteiger charge is -2.16. The second kappa shape index (κ2) is 6.74. The molecule has 1 atom stereocenters. The Hall–Kier alpha value is -2.57. The van der Waals surface area contributed by atoms with Crippen molar-refractivity contribution in [2.75, 3.05) is 5.32 Å². The maximum Gasteiger partial charge on any atom is 0.163 e. The minimum atomic E-state index is 0.187. The van der Waals surface area contributed by atoms with Crippen LogP contribution < -0.4 is 5.32 Å². The van der Waals surface area contributed by atoms with E-state index in [0.29, 0.717) is 5.92 Å². The third kappa shape index (κ3) is 3.31. The smallest absolute Gasteiger partial charge is 0.163 e. The average Bonchev–Trinajstić information content (AvgIpc) is 3.26. The van der Waals surface area contributed by atoms with E-state index in [-0.39, 0.29) is 6.04 Å². The number of rotatable bonds is 5. The molecule has 7 heteroatoms. The molecule has 1 N–H and O–H groups in total. The molecule has 130 valence electrons. The van der Waals surface area contributed by atoms with Gasteiger partial charge in [-0.2, -0.15) is 5.10 Å². The molecule has 25 heavy (non-hydrogen) atoms. The summed E-state index contributed by atoms with van der Waals surface area (Å²) in [6, 6.07) is 0.187. The SMILES string of the molecule is CC(Cc1cnccn1)Nc1nc(C2CCCC2)nc2c1cnn2C. The van der Waals surface area contributed by atoms with Crippen molar-refractivity contribution in [3.63, 3.8) is 0 Å². The van der Waals surface area contributed by atoms with Crippen LogP contribution in [0.3, 0.4) is 0 Å². The fraction of sp³-hybridized carbons (Fsp3) is 0.500. The second-order valence-corrected chi connectivity index (χ2v) is 6.86. The third-order valence-corrected chi connectivity index (χ3v) is 4.84. The highest BCUT2D eigenvalue weighted by molar-refractivity contribution is 5.86. The summed E-state index contributed by atoms with van der Waals surface area (Å²) in [5.41, 5.74) is 1.86. The van der Waals surface area contributed by atoms with Crippen LogP contribution in [-0.2, 0) is 13.5 Å². The van der Waals surface area contributed by atoms with Crippen LogP contribution in [0.25, 0.3) is 11.0 Å². The second-order valence-electron chi connectivity index (χ2n) is 6.86. The fourth-order valence-corrected chi connectivity index (χ4v) is 3.55. The predicted molar refractivity (Wildman–Crippen MR) is 96.3 cm³/mol. The first-order valence-corrected chi connectivity index (χ1v) is 8.92. The first-order chi connectivity index (χ1) is 12.2. The number of hydrogen-bond acceptors (Lipinski definition) is 6. The van der Waals surface area contributed by atoms with E-state index in [1.807, 2.05) is 24.1 Å². The number of fused-ring (bicyclic) bond motifs is 1. The first-order valence-electron chi connectivity index (χ1n) is 8.92. The molecule has 1 saturated carbocycles. The number of nitrogens with one attached hydrogen (secondary N) is 1. The summed E-state index contributed by atoms with van der Waals surface area (Å²) in [5, 5.41) is 8.87. The Labute approximate surface area is 146 Å². The average molecular weight is 337 g/mol. The minimum absolute atomic E-state index is 0.187. The van der Waals surface area contributed by atoms with Gasteiger partial charge in [0.15, 0.2) is 5.65 Å². The number of aryl methyl sites for hydroxylation is 1. The lowest BCUT2D eigenvalue weighted by Crippen LogP contribution is -2.20. The van der Waals surface area contributed by atoms with Crippen molar-refractivity contribution < 1.29 is 0 Å². The van der Waals surface area contributed by atoms with Gasteiger partial charge in [0.1, 0.15) is 11.6 Å². The zero-order valence-corrected chi connectivity index (χ0v) is 14.7. The molecular formula is C18H23N7. The van der Waals surface area contributed by atoms with Gasteiger partial charge in [-0.3, -0.25) is 14.6 Å². The molecule has 0 aliphatic heterocycles. The van der Waals surface area contributed by atoms with Crippen LogP contribution in [0.1, 0.15) is 50.0 Å². The van der Waals surface area contributed by atoms with Gasteiger partial charge in [0.05, 0.1) is 17.3 Å². The van der Waals surface area contributed by atoms with Crippen molar-refractivity contribution >= 4 is 16.9 Å². The summed E-state index contributed by atoms with van der Waals surface area (Å²) in [5.74, 6) is 2.29. The lowest BCUT2D eigenvalue weighted by atomic mass is 10.1. The van der Waals surface area contributed by atoms with Gasteiger partial charge in [-0.25, -0.2) is 9.97 Å². The first kappa shape index (κ1) is 15.9. The molecule has 1 aliphatic rings. The van der Waals surface area contributed by atoms with Gasteiger partial charge in [0, 0.05) is 44.0 Å². The zero-order chi connectivity index (χ0) is 17.2. The fourth-order valence-electron chi connectivity index (χ4n) is 3.55. The molecule has 0 saturated heterocycles. The van der Waals surface area contributed by atoms with Gasteiger partial charge in [0.2, 0.25) is 0 Å². The zero-order valence-electron chi connectivity index (χ0n) is 14.7. The summed E-state index contributed by atoms with van der Waals surface area (Å²) < 4.78 is 1.83. The van der Waals surface area contributed by atoms with E-state index in [1.54, 1.807) is 12.4 Å². The highest BCUT2D eigenvalue weighted by atomic mass is 15.3. The van der Waals surface area contributed by atoms with Crippen LogP contribution in [0.5, 0.6) is 0 Å². The van der Waals surface area contributed by atoms with E-state index in [1.165, 1.54) is 25.7 Å². The van der Waals surface area contributed by atoms with Crippen molar-refractivity contribution in [1.82, 2.24) is 29.7 Å². The van der Waals surface area contributed by atoms with Crippen molar-refractivity contribution in [3.05, 3.63) is 36.3 Å². The van der Waals surface area contributed by atoms with Crippen LogP contribution >= 0.6 is 0 Å². The number of nitrogens with zero attached hydrogens (tertiary/aromatic N) is 6. The lowest BCUT2D eigenvalue weighted by molar-refractivity contribution is 0.665. The predicted octanol–water partition coefficient (Wildman–Crippen LogP) is 2.85. The van der Waals surface area contributed by atoms with Crippen molar-refractivity contribution in [2.45, 2.75) is 51.0 Å². The molecule has 0 aromatic carbocycles. The quantitative estimate of drug-likeness (QED) is 0.771. The van der Waals surface area contributed by atoms with Crippen LogP contribution in [0, 0.1) is 0 Å². The molecule has 0 spiro atoms.